The maximum Gasteiger partial charge on any atom is 0.270 e. The Morgan fingerprint density at radius 2 is 1.68 bits per heavy atom. The molecule has 1 saturated heterocycles. The van der Waals surface area contributed by atoms with Crippen LogP contribution in [0.4, 0.5) is 14.5 Å². The summed E-state index contributed by atoms with van der Waals surface area (Å²) in [5.74, 6) is -3.62. The molecule has 2 heterocycles. The number of aryl methyl sites for hydroxylation is 1. The molecule has 5 rings (SSSR count). The van der Waals surface area contributed by atoms with Crippen LogP contribution in [0.3, 0.4) is 0 Å². The second-order valence-corrected chi connectivity index (χ2v) is 13.3. The summed E-state index contributed by atoms with van der Waals surface area (Å²) in [6, 6.07) is 3.89. The van der Waals surface area contributed by atoms with E-state index in [1.165, 1.54) is 18.3 Å². The molecule has 2 aromatic rings. The molecular weight excluding hydrogens is 608 g/mol. The Labute approximate surface area is 274 Å². The molecule has 1 aromatic heterocycles. The first-order valence-corrected chi connectivity index (χ1v) is 16.9. The normalized spacial score (nSPS) is 20.4. The fraction of sp³-hybridized carbons (Fsp3) is 0.618. The van der Waals surface area contributed by atoms with Gasteiger partial charge in [-0.1, -0.05) is 38.7 Å². The summed E-state index contributed by atoms with van der Waals surface area (Å²) in [5, 5.41) is 12.4. The number of hydrogen-bond donors (Lipinski definition) is 3. The Balaban J connectivity index is 1.33. The van der Waals surface area contributed by atoms with E-state index in [4.69, 9.17) is 0 Å². The molecule has 3 unspecified atom stereocenters. The standard InChI is InChI=1S/C34H47F2N7O4/c1-4-43-27(13-16-37-43)30(44)39-29(23-9-7-5-6-8-10-23)31(45)38-26-12-11-24(21-25(26)35)22(2)28(40-33(47)34(36)14-15-34)32(46)42-19-17-41(3)18-20-42/h11-13,16,21-23,28-29H,4-10,14-15,17-20H2,1-3H3,(H,38,45)(H,39,44)(H,40,47). The maximum atomic E-state index is 15.7. The first-order valence-electron chi connectivity index (χ1n) is 16.9. The number of aromatic nitrogens is 2. The van der Waals surface area contributed by atoms with Gasteiger partial charge < -0.3 is 25.8 Å². The summed E-state index contributed by atoms with van der Waals surface area (Å²) in [5.41, 5.74) is -1.28. The number of rotatable bonds is 11. The summed E-state index contributed by atoms with van der Waals surface area (Å²) in [6.45, 7) is 6.33. The molecule has 47 heavy (non-hydrogen) atoms. The van der Waals surface area contributed by atoms with Crippen LogP contribution >= 0.6 is 0 Å². The molecule has 3 atom stereocenters. The second kappa shape index (κ2) is 14.9. The van der Waals surface area contributed by atoms with Gasteiger partial charge in [-0.25, -0.2) is 8.78 Å². The number of likely N-dealkylation sites (N-methyl/N-ethyl adjacent to an activating group) is 1. The van der Waals surface area contributed by atoms with Crippen molar-refractivity contribution in [1.29, 1.82) is 0 Å². The molecular formula is C34H47F2N7O4. The Hall–Kier alpha value is -3.87. The number of benzene rings is 1. The van der Waals surface area contributed by atoms with E-state index in [9.17, 15) is 23.6 Å². The van der Waals surface area contributed by atoms with E-state index in [0.717, 1.165) is 38.5 Å². The first-order chi connectivity index (χ1) is 22.5. The van der Waals surface area contributed by atoms with Crippen LogP contribution in [0.2, 0.25) is 0 Å². The fourth-order valence-corrected chi connectivity index (χ4v) is 6.58. The van der Waals surface area contributed by atoms with Crippen LogP contribution in [0.5, 0.6) is 0 Å². The molecule has 0 bridgehead atoms. The van der Waals surface area contributed by atoms with Gasteiger partial charge in [-0.2, -0.15) is 5.10 Å². The van der Waals surface area contributed by atoms with E-state index in [-0.39, 0.29) is 30.4 Å². The van der Waals surface area contributed by atoms with Crippen molar-refractivity contribution in [3.63, 3.8) is 0 Å². The minimum atomic E-state index is -1.97. The van der Waals surface area contributed by atoms with E-state index in [1.54, 1.807) is 28.6 Å². The fourth-order valence-electron chi connectivity index (χ4n) is 6.58. The van der Waals surface area contributed by atoms with E-state index < -0.39 is 47.2 Å². The van der Waals surface area contributed by atoms with Crippen LogP contribution in [0.25, 0.3) is 0 Å². The van der Waals surface area contributed by atoms with Gasteiger partial charge in [0.05, 0.1) is 5.69 Å². The van der Waals surface area contributed by atoms with Crippen LogP contribution in [0.1, 0.15) is 87.2 Å². The summed E-state index contributed by atoms with van der Waals surface area (Å²) >= 11 is 0. The molecule has 0 radical (unpaired) electrons. The molecule has 3 N–H and O–H groups in total. The summed E-state index contributed by atoms with van der Waals surface area (Å²) in [4.78, 5) is 57.1. The predicted octanol–water partition coefficient (Wildman–Crippen LogP) is 3.61. The highest BCUT2D eigenvalue weighted by Gasteiger charge is 2.52. The molecule has 4 amide bonds. The maximum absolute atomic E-state index is 15.7. The zero-order valence-electron chi connectivity index (χ0n) is 27.6. The average Bonchev–Trinajstić information content (AvgIpc) is 3.73. The zero-order valence-corrected chi connectivity index (χ0v) is 27.6. The number of nitrogens with zero attached hydrogens (tertiary/aromatic N) is 4. The first kappa shape index (κ1) is 34.5. The van der Waals surface area contributed by atoms with Crippen LogP contribution < -0.4 is 16.0 Å². The summed E-state index contributed by atoms with van der Waals surface area (Å²) < 4.78 is 31.9. The van der Waals surface area contributed by atoms with Crippen LogP contribution in [0.15, 0.2) is 30.5 Å². The van der Waals surface area contributed by atoms with Gasteiger partial charge in [0, 0.05) is 44.8 Å². The molecule has 0 spiro atoms. The smallest absolute Gasteiger partial charge is 0.270 e. The van der Waals surface area contributed by atoms with Crippen molar-refractivity contribution in [3.8, 4) is 0 Å². The van der Waals surface area contributed by atoms with Crippen molar-refractivity contribution >= 4 is 29.3 Å². The van der Waals surface area contributed by atoms with Crippen molar-refractivity contribution in [2.75, 3.05) is 38.5 Å². The molecule has 2 aliphatic carbocycles. The number of amides is 4. The third-order valence-electron chi connectivity index (χ3n) is 9.93. The van der Waals surface area contributed by atoms with Crippen molar-refractivity contribution in [2.45, 2.75) is 95.4 Å². The van der Waals surface area contributed by atoms with Gasteiger partial charge in [-0.05, 0) is 69.3 Å². The van der Waals surface area contributed by atoms with Gasteiger partial charge in [0.1, 0.15) is 23.6 Å². The van der Waals surface area contributed by atoms with E-state index in [2.05, 4.69) is 25.9 Å². The van der Waals surface area contributed by atoms with Crippen molar-refractivity contribution in [1.82, 2.24) is 30.2 Å². The van der Waals surface area contributed by atoms with Gasteiger partial charge in [0.25, 0.3) is 11.8 Å². The molecule has 3 fully saturated rings. The highest BCUT2D eigenvalue weighted by atomic mass is 19.1. The van der Waals surface area contributed by atoms with Gasteiger partial charge in [-0.3, -0.25) is 23.9 Å². The largest absolute Gasteiger partial charge is 0.341 e. The molecule has 256 valence electrons. The van der Waals surface area contributed by atoms with Crippen LogP contribution in [-0.4, -0.2) is 94.2 Å². The molecule has 3 aliphatic rings. The van der Waals surface area contributed by atoms with E-state index >= 15 is 4.39 Å². The monoisotopic (exact) mass is 655 g/mol. The molecule has 13 heteroatoms. The number of nitrogens with one attached hydrogen (secondary N) is 3. The lowest BCUT2D eigenvalue weighted by Crippen LogP contribution is -2.56. The van der Waals surface area contributed by atoms with Crippen molar-refractivity contribution < 1.29 is 28.0 Å². The predicted molar refractivity (Wildman–Crippen MR) is 173 cm³/mol. The van der Waals surface area contributed by atoms with E-state index in [0.29, 0.717) is 44.0 Å². The van der Waals surface area contributed by atoms with E-state index in [1.807, 2.05) is 14.0 Å². The Bertz CT molecular complexity index is 1450. The minimum absolute atomic E-state index is 0.0657. The van der Waals surface area contributed by atoms with Crippen molar-refractivity contribution in [3.05, 3.63) is 47.5 Å². The van der Waals surface area contributed by atoms with Gasteiger partial charge in [-0.15, -0.1) is 0 Å². The SMILES string of the molecule is CCn1nccc1C(=O)NC(C(=O)Nc1ccc(C(C)C(NC(=O)C2(F)CC2)C(=O)N2CCN(C)CC2)cc1F)C1CCCCCC1. The van der Waals surface area contributed by atoms with Crippen LogP contribution in [0, 0.1) is 11.7 Å². The molecule has 11 nitrogen and oxygen atoms in total. The van der Waals surface area contributed by atoms with Gasteiger partial charge in [0.15, 0.2) is 5.67 Å². The highest BCUT2D eigenvalue weighted by Crippen LogP contribution is 2.40. The number of anilines is 1. The highest BCUT2D eigenvalue weighted by molar-refractivity contribution is 6.01. The number of alkyl halides is 1. The number of hydrogen-bond acceptors (Lipinski definition) is 6. The molecule has 1 aliphatic heterocycles. The zero-order chi connectivity index (χ0) is 33.7. The lowest BCUT2D eigenvalue weighted by atomic mass is 9.90. The third kappa shape index (κ3) is 8.17. The molecule has 1 aromatic carbocycles. The molecule has 2 saturated carbocycles. The second-order valence-electron chi connectivity index (χ2n) is 13.3. The Morgan fingerprint density at radius 3 is 2.30 bits per heavy atom. The minimum Gasteiger partial charge on any atom is -0.341 e. The number of halogens is 2. The lowest BCUT2D eigenvalue weighted by Gasteiger charge is -2.36. The Morgan fingerprint density at radius 1 is 1.00 bits per heavy atom. The number of carbonyl (C=O) groups excluding carboxylic acids is 4. The van der Waals surface area contributed by atoms with Crippen LogP contribution in [-0.2, 0) is 20.9 Å². The Kier molecular flexibility index (Phi) is 10.9. The summed E-state index contributed by atoms with van der Waals surface area (Å²) in [7, 11) is 1.96. The van der Waals surface area contributed by atoms with Crippen molar-refractivity contribution in [2.24, 2.45) is 5.92 Å². The average molecular weight is 656 g/mol. The van der Waals surface area contributed by atoms with Gasteiger partial charge >= 0.3 is 0 Å². The topological polar surface area (TPSA) is 129 Å². The number of piperazine rings is 1. The summed E-state index contributed by atoms with van der Waals surface area (Å²) in [6.07, 6.45) is 7.26. The lowest BCUT2D eigenvalue weighted by molar-refractivity contribution is -0.140. The number of carbonyl (C=O) groups is 4. The van der Waals surface area contributed by atoms with Gasteiger partial charge in [0.2, 0.25) is 11.8 Å². The quantitative estimate of drug-likeness (QED) is 0.318. The third-order valence-corrected chi connectivity index (χ3v) is 9.93.